The van der Waals surface area contributed by atoms with Crippen LogP contribution in [0.3, 0.4) is 0 Å². The first kappa shape index (κ1) is 23.9. The highest BCUT2D eigenvalue weighted by molar-refractivity contribution is 5.93. The fraction of sp³-hybridized carbons (Fsp3) is 0.526. The number of ether oxygens (including phenoxy) is 3. The largest absolute Gasteiger partial charge is 0.456 e. The maximum Gasteiger partial charge on any atom is 0.420 e. The van der Waals surface area contributed by atoms with Crippen molar-refractivity contribution in [3.8, 4) is 0 Å². The lowest BCUT2D eigenvalue weighted by atomic mass is 10.0. The molecule has 0 atom stereocenters. The van der Waals surface area contributed by atoms with Crippen molar-refractivity contribution >= 4 is 23.8 Å². The second-order valence-electron chi connectivity index (χ2n) is 8.10. The summed E-state index contributed by atoms with van der Waals surface area (Å²) < 4.78 is 15.1. The minimum absolute atomic E-state index is 0.147. The summed E-state index contributed by atoms with van der Waals surface area (Å²) in [5.41, 5.74) is -2.56. The lowest BCUT2D eigenvalue weighted by Crippen LogP contribution is -2.40. The summed E-state index contributed by atoms with van der Waals surface area (Å²) in [7, 11) is 1.05. The summed E-state index contributed by atoms with van der Waals surface area (Å²) >= 11 is 0. The Hall–Kier alpha value is -3.17. The highest BCUT2D eigenvalue weighted by Gasteiger charge is 2.33. The molecule has 160 valence electrons. The number of hydrogen-bond donors (Lipinski definition) is 0. The standard InChI is InChI=1S/C19H26N2O8/c1-18(2,3)28-15(22)12-9-8-10-14(21(25)26)13(12)11-20(16(23)27-7)17(24)29-19(4,5)6/h8-10H,11H2,1-7H3. The Morgan fingerprint density at radius 2 is 1.55 bits per heavy atom. The highest BCUT2D eigenvalue weighted by Crippen LogP contribution is 2.27. The van der Waals surface area contributed by atoms with Crippen LogP contribution in [0.2, 0.25) is 0 Å². The van der Waals surface area contributed by atoms with Gasteiger partial charge in [-0.3, -0.25) is 10.1 Å². The van der Waals surface area contributed by atoms with Crippen LogP contribution in [0.5, 0.6) is 0 Å². The van der Waals surface area contributed by atoms with Gasteiger partial charge in [0, 0.05) is 6.07 Å². The van der Waals surface area contributed by atoms with Gasteiger partial charge in [0.2, 0.25) is 0 Å². The van der Waals surface area contributed by atoms with Crippen molar-refractivity contribution < 1.29 is 33.5 Å². The Labute approximate surface area is 168 Å². The molecule has 0 N–H and O–H groups in total. The number of hydrogen-bond acceptors (Lipinski definition) is 8. The van der Waals surface area contributed by atoms with Crippen molar-refractivity contribution in [3.05, 3.63) is 39.4 Å². The van der Waals surface area contributed by atoms with Gasteiger partial charge in [-0.1, -0.05) is 6.07 Å². The van der Waals surface area contributed by atoms with E-state index in [1.807, 2.05) is 0 Å². The Morgan fingerprint density at radius 3 is 2.00 bits per heavy atom. The van der Waals surface area contributed by atoms with Gasteiger partial charge in [0.15, 0.2) is 0 Å². The van der Waals surface area contributed by atoms with Crippen LogP contribution >= 0.6 is 0 Å². The second kappa shape index (κ2) is 8.89. The van der Waals surface area contributed by atoms with Gasteiger partial charge in [0.1, 0.15) is 11.2 Å². The average molecular weight is 410 g/mol. The first-order valence-electron chi connectivity index (χ1n) is 8.74. The number of imide groups is 1. The van der Waals surface area contributed by atoms with Crippen molar-refractivity contribution in [2.45, 2.75) is 59.3 Å². The molecule has 1 aromatic rings. The lowest BCUT2D eigenvalue weighted by Gasteiger charge is -2.26. The smallest absolute Gasteiger partial charge is 0.420 e. The predicted octanol–water partition coefficient (Wildman–Crippen LogP) is 4.05. The summed E-state index contributed by atoms with van der Waals surface area (Å²) in [5, 5.41) is 11.5. The number of benzene rings is 1. The zero-order valence-corrected chi connectivity index (χ0v) is 17.6. The molecular weight excluding hydrogens is 384 g/mol. The number of esters is 1. The maximum absolute atomic E-state index is 12.6. The van der Waals surface area contributed by atoms with Crippen molar-refractivity contribution in [2.24, 2.45) is 0 Å². The zero-order chi connectivity index (χ0) is 22.6. The molecule has 0 aliphatic rings. The molecule has 2 amide bonds. The molecule has 0 unspecified atom stereocenters. The van der Waals surface area contributed by atoms with E-state index in [1.165, 1.54) is 12.1 Å². The average Bonchev–Trinajstić information content (AvgIpc) is 2.55. The first-order chi connectivity index (χ1) is 13.2. The van der Waals surface area contributed by atoms with Crippen LogP contribution in [0.4, 0.5) is 15.3 Å². The number of methoxy groups -OCH3 is 1. The summed E-state index contributed by atoms with van der Waals surface area (Å²) in [5.74, 6) is -0.829. The third kappa shape index (κ3) is 7.05. The minimum Gasteiger partial charge on any atom is -0.456 e. The summed E-state index contributed by atoms with van der Waals surface area (Å²) in [6.07, 6.45) is -2.16. The fourth-order valence-corrected chi connectivity index (χ4v) is 2.23. The molecule has 0 saturated heterocycles. The van der Waals surface area contributed by atoms with Crippen LogP contribution in [0, 0.1) is 10.1 Å². The topological polar surface area (TPSA) is 125 Å². The number of carbonyl (C=O) groups excluding carboxylic acids is 3. The molecule has 0 aliphatic heterocycles. The zero-order valence-electron chi connectivity index (χ0n) is 17.6. The van der Waals surface area contributed by atoms with Gasteiger partial charge >= 0.3 is 18.2 Å². The summed E-state index contributed by atoms with van der Waals surface area (Å²) in [6, 6.07) is 3.80. The Morgan fingerprint density at radius 1 is 1.00 bits per heavy atom. The molecule has 10 nitrogen and oxygen atoms in total. The molecule has 0 aliphatic carbocycles. The predicted molar refractivity (Wildman–Crippen MR) is 102 cm³/mol. The molecule has 0 radical (unpaired) electrons. The van der Waals surface area contributed by atoms with Crippen LogP contribution in [0.15, 0.2) is 18.2 Å². The van der Waals surface area contributed by atoms with E-state index in [9.17, 15) is 24.5 Å². The van der Waals surface area contributed by atoms with Crippen LogP contribution in [-0.2, 0) is 20.8 Å². The van der Waals surface area contributed by atoms with Gasteiger partial charge in [-0.15, -0.1) is 0 Å². The van der Waals surface area contributed by atoms with E-state index in [2.05, 4.69) is 4.74 Å². The number of nitro benzene ring substituents is 1. The van der Waals surface area contributed by atoms with E-state index in [4.69, 9.17) is 9.47 Å². The van der Waals surface area contributed by atoms with E-state index in [1.54, 1.807) is 41.5 Å². The van der Waals surface area contributed by atoms with E-state index in [-0.39, 0.29) is 11.1 Å². The number of amides is 2. The summed E-state index contributed by atoms with van der Waals surface area (Å²) in [6.45, 7) is 9.09. The molecule has 0 heterocycles. The normalized spacial score (nSPS) is 11.4. The summed E-state index contributed by atoms with van der Waals surface area (Å²) in [4.78, 5) is 48.5. The van der Waals surface area contributed by atoms with E-state index in [0.717, 1.165) is 13.2 Å². The van der Waals surface area contributed by atoms with Crippen LogP contribution in [-0.4, -0.2) is 46.3 Å². The maximum atomic E-state index is 12.6. The Kier molecular flexibility index (Phi) is 7.32. The number of carbonyl (C=O) groups is 3. The molecule has 10 heteroatoms. The van der Waals surface area contributed by atoms with E-state index < -0.39 is 46.5 Å². The molecule has 0 bridgehead atoms. The van der Waals surface area contributed by atoms with Gasteiger partial charge in [0.25, 0.3) is 5.69 Å². The monoisotopic (exact) mass is 410 g/mol. The third-order valence-electron chi connectivity index (χ3n) is 3.29. The Bertz CT molecular complexity index is 805. The van der Waals surface area contributed by atoms with Gasteiger partial charge in [0.05, 0.1) is 29.7 Å². The quantitative estimate of drug-likeness (QED) is 0.315. The van der Waals surface area contributed by atoms with E-state index >= 15 is 0 Å². The molecule has 0 fully saturated rings. The first-order valence-corrected chi connectivity index (χ1v) is 8.74. The molecule has 29 heavy (non-hydrogen) atoms. The molecule has 0 spiro atoms. The van der Waals surface area contributed by atoms with Gasteiger partial charge in [-0.25, -0.2) is 19.3 Å². The van der Waals surface area contributed by atoms with Crippen molar-refractivity contribution in [1.29, 1.82) is 0 Å². The second-order valence-corrected chi connectivity index (χ2v) is 8.10. The van der Waals surface area contributed by atoms with Crippen molar-refractivity contribution in [1.82, 2.24) is 4.90 Å². The highest BCUT2D eigenvalue weighted by atomic mass is 16.6. The van der Waals surface area contributed by atoms with Crippen LogP contribution < -0.4 is 0 Å². The molecular formula is C19H26N2O8. The molecule has 0 saturated carbocycles. The van der Waals surface area contributed by atoms with Crippen molar-refractivity contribution in [2.75, 3.05) is 7.11 Å². The number of rotatable bonds is 4. The van der Waals surface area contributed by atoms with E-state index in [0.29, 0.717) is 4.90 Å². The molecule has 1 rings (SSSR count). The lowest BCUT2D eigenvalue weighted by molar-refractivity contribution is -0.385. The van der Waals surface area contributed by atoms with Gasteiger partial charge in [-0.05, 0) is 47.6 Å². The number of nitrogens with zero attached hydrogens (tertiary/aromatic N) is 2. The van der Waals surface area contributed by atoms with Crippen molar-refractivity contribution in [3.63, 3.8) is 0 Å². The van der Waals surface area contributed by atoms with Gasteiger partial charge in [-0.2, -0.15) is 0 Å². The Balaban J connectivity index is 3.47. The van der Waals surface area contributed by atoms with Crippen LogP contribution in [0.1, 0.15) is 57.5 Å². The minimum atomic E-state index is -1.09. The molecule has 1 aromatic carbocycles. The molecule has 0 aromatic heterocycles. The third-order valence-corrected chi connectivity index (χ3v) is 3.29. The fourth-order valence-electron chi connectivity index (χ4n) is 2.23. The van der Waals surface area contributed by atoms with Gasteiger partial charge < -0.3 is 14.2 Å². The SMILES string of the molecule is COC(=O)N(Cc1c(C(=O)OC(C)(C)C)cccc1[N+](=O)[O-])C(=O)OC(C)(C)C. The van der Waals surface area contributed by atoms with Crippen LogP contribution in [0.25, 0.3) is 0 Å². The number of nitro groups is 1.